The van der Waals surface area contributed by atoms with Gasteiger partial charge in [0.2, 0.25) is 12.3 Å². The second-order valence-corrected chi connectivity index (χ2v) is 8.89. The standard InChI is InChI=1S/C21H23Cl2FN2O.C3H7NO/c1-13(2)12-26-10-9-17(16-7-4-8-18(23)19(16)24)20(26)21(27)25-15-6-3-5-14(22)11-15;1-2-4-3-5/h3-8,11,13,17,20H,9-10,12H2,1-2H3,(H,25,27);3H,2H2,1H3,(H,4,5). The summed E-state index contributed by atoms with van der Waals surface area (Å²) in [5.74, 6) is -0.438. The van der Waals surface area contributed by atoms with Gasteiger partial charge in [-0.2, -0.15) is 0 Å². The second kappa shape index (κ2) is 12.8. The minimum absolute atomic E-state index is 0.0869. The molecule has 1 fully saturated rings. The monoisotopic (exact) mass is 481 g/mol. The third-order valence-corrected chi connectivity index (χ3v) is 5.66. The van der Waals surface area contributed by atoms with Crippen LogP contribution in [-0.4, -0.2) is 42.9 Å². The Labute approximate surface area is 199 Å². The Hall–Kier alpha value is -2.15. The lowest BCUT2D eigenvalue weighted by atomic mass is 9.90. The molecule has 0 radical (unpaired) electrons. The van der Waals surface area contributed by atoms with E-state index in [1.54, 1.807) is 36.4 Å². The van der Waals surface area contributed by atoms with E-state index in [9.17, 15) is 14.0 Å². The van der Waals surface area contributed by atoms with Crippen molar-refractivity contribution in [1.82, 2.24) is 10.2 Å². The number of likely N-dealkylation sites (tertiary alicyclic amines) is 1. The number of hydrogen-bond donors (Lipinski definition) is 2. The Morgan fingerprint density at radius 1 is 1.25 bits per heavy atom. The van der Waals surface area contributed by atoms with Crippen LogP contribution in [0.25, 0.3) is 0 Å². The van der Waals surface area contributed by atoms with Gasteiger partial charge in [0.1, 0.15) is 5.82 Å². The van der Waals surface area contributed by atoms with Crippen LogP contribution >= 0.6 is 23.2 Å². The molecule has 174 valence electrons. The zero-order chi connectivity index (χ0) is 23.7. The molecular formula is C24H30Cl2FN3O2. The Kier molecular flexibility index (Phi) is 10.4. The van der Waals surface area contributed by atoms with E-state index in [-0.39, 0.29) is 16.8 Å². The molecule has 1 aliphatic rings. The van der Waals surface area contributed by atoms with Crippen LogP contribution in [0.5, 0.6) is 0 Å². The van der Waals surface area contributed by atoms with Gasteiger partial charge in [-0.05, 0) is 55.6 Å². The van der Waals surface area contributed by atoms with E-state index in [1.807, 2.05) is 6.92 Å². The molecule has 1 aliphatic heterocycles. The molecule has 1 heterocycles. The number of benzene rings is 2. The topological polar surface area (TPSA) is 61.4 Å². The molecular weight excluding hydrogens is 452 g/mol. The summed E-state index contributed by atoms with van der Waals surface area (Å²) in [4.78, 5) is 24.6. The minimum Gasteiger partial charge on any atom is -0.359 e. The van der Waals surface area contributed by atoms with Gasteiger partial charge in [-0.25, -0.2) is 4.39 Å². The number of anilines is 1. The molecule has 0 spiro atoms. The molecule has 2 amide bonds. The van der Waals surface area contributed by atoms with Crippen molar-refractivity contribution < 1.29 is 14.0 Å². The number of nitrogens with zero attached hydrogens (tertiary/aromatic N) is 1. The second-order valence-electron chi connectivity index (χ2n) is 8.05. The van der Waals surface area contributed by atoms with Crippen LogP contribution < -0.4 is 10.6 Å². The van der Waals surface area contributed by atoms with E-state index >= 15 is 0 Å². The van der Waals surface area contributed by atoms with Crippen molar-refractivity contribution in [2.45, 2.75) is 39.2 Å². The van der Waals surface area contributed by atoms with E-state index in [4.69, 9.17) is 23.2 Å². The largest absolute Gasteiger partial charge is 0.359 e. The molecule has 0 bridgehead atoms. The summed E-state index contributed by atoms with van der Waals surface area (Å²) in [5.41, 5.74) is 1.13. The molecule has 2 N–H and O–H groups in total. The molecule has 5 nitrogen and oxygen atoms in total. The lowest BCUT2D eigenvalue weighted by molar-refractivity contribution is -0.121. The van der Waals surface area contributed by atoms with Crippen molar-refractivity contribution in [2.75, 3.05) is 25.0 Å². The smallest absolute Gasteiger partial charge is 0.242 e. The predicted octanol–water partition coefficient (Wildman–Crippen LogP) is 5.34. The number of halogens is 3. The normalized spacial score (nSPS) is 18.1. The first-order valence-electron chi connectivity index (χ1n) is 10.7. The van der Waals surface area contributed by atoms with E-state index < -0.39 is 11.9 Å². The number of carbonyl (C=O) groups is 2. The van der Waals surface area contributed by atoms with E-state index in [0.717, 1.165) is 19.6 Å². The maximum absolute atomic E-state index is 14.7. The summed E-state index contributed by atoms with van der Waals surface area (Å²) >= 11 is 12.0. The van der Waals surface area contributed by atoms with Gasteiger partial charge in [0, 0.05) is 29.7 Å². The van der Waals surface area contributed by atoms with Crippen molar-refractivity contribution in [1.29, 1.82) is 0 Å². The molecule has 3 rings (SSSR count). The Morgan fingerprint density at radius 2 is 1.97 bits per heavy atom. The van der Waals surface area contributed by atoms with Crippen molar-refractivity contribution >= 4 is 41.2 Å². The molecule has 0 aromatic heterocycles. The van der Waals surface area contributed by atoms with Crippen LogP contribution in [0.2, 0.25) is 10.0 Å². The maximum Gasteiger partial charge on any atom is 0.242 e. The molecule has 2 aromatic carbocycles. The molecule has 0 saturated carbocycles. The molecule has 0 aliphatic carbocycles. The van der Waals surface area contributed by atoms with Crippen LogP contribution in [0.3, 0.4) is 0 Å². The molecule has 2 unspecified atom stereocenters. The molecule has 32 heavy (non-hydrogen) atoms. The quantitative estimate of drug-likeness (QED) is 0.524. The molecule has 2 atom stereocenters. The first-order valence-corrected chi connectivity index (χ1v) is 11.4. The van der Waals surface area contributed by atoms with E-state index in [2.05, 4.69) is 29.4 Å². The molecule has 2 aromatic rings. The number of amides is 2. The summed E-state index contributed by atoms with van der Waals surface area (Å²) < 4.78 is 14.7. The Balaban J connectivity index is 0.000000654. The summed E-state index contributed by atoms with van der Waals surface area (Å²) in [6.07, 6.45) is 1.39. The van der Waals surface area contributed by atoms with Gasteiger partial charge in [0.05, 0.1) is 11.1 Å². The van der Waals surface area contributed by atoms with Crippen LogP contribution in [0.15, 0.2) is 42.5 Å². The highest BCUT2D eigenvalue weighted by molar-refractivity contribution is 6.31. The average Bonchev–Trinajstić information content (AvgIpc) is 3.14. The molecule has 8 heteroatoms. The highest BCUT2D eigenvalue weighted by Gasteiger charge is 2.41. The number of rotatable bonds is 7. The number of nitrogens with one attached hydrogen (secondary N) is 2. The summed E-state index contributed by atoms with van der Waals surface area (Å²) in [7, 11) is 0. The predicted molar refractivity (Wildman–Crippen MR) is 129 cm³/mol. The first-order chi connectivity index (χ1) is 15.3. The van der Waals surface area contributed by atoms with Crippen LogP contribution in [0, 0.1) is 11.7 Å². The SMILES string of the molecule is CC(C)CN1CCC(c2cccc(Cl)c2F)C1C(=O)Nc1cccc(Cl)c1.CCNC=O. The lowest BCUT2D eigenvalue weighted by Crippen LogP contribution is -2.44. The van der Waals surface area contributed by atoms with Gasteiger partial charge in [-0.3, -0.25) is 14.5 Å². The zero-order valence-electron chi connectivity index (χ0n) is 18.6. The summed E-state index contributed by atoms with van der Waals surface area (Å²) in [6, 6.07) is 11.6. The Bertz CT molecular complexity index is 911. The van der Waals surface area contributed by atoms with Gasteiger partial charge < -0.3 is 10.6 Å². The number of hydrogen-bond acceptors (Lipinski definition) is 3. The van der Waals surface area contributed by atoms with Crippen LogP contribution in [-0.2, 0) is 9.59 Å². The highest BCUT2D eigenvalue weighted by Crippen LogP contribution is 2.37. The summed E-state index contributed by atoms with van der Waals surface area (Å²) in [6.45, 7) is 8.32. The van der Waals surface area contributed by atoms with Crippen molar-refractivity contribution in [3.63, 3.8) is 0 Å². The van der Waals surface area contributed by atoms with Crippen LogP contribution in [0.1, 0.15) is 38.7 Å². The summed E-state index contributed by atoms with van der Waals surface area (Å²) in [5, 5.41) is 6.01. The van der Waals surface area contributed by atoms with Gasteiger partial charge in [-0.1, -0.05) is 55.2 Å². The first kappa shape index (κ1) is 26.1. The average molecular weight is 482 g/mol. The fourth-order valence-corrected chi connectivity index (χ4v) is 4.25. The van der Waals surface area contributed by atoms with Crippen molar-refractivity contribution in [3.05, 3.63) is 63.9 Å². The van der Waals surface area contributed by atoms with Crippen molar-refractivity contribution in [2.24, 2.45) is 5.92 Å². The third kappa shape index (κ3) is 7.19. The zero-order valence-corrected chi connectivity index (χ0v) is 20.1. The highest BCUT2D eigenvalue weighted by atomic mass is 35.5. The minimum atomic E-state index is -0.459. The third-order valence-electron chi connectivity index (χ3n) is 5.13. The fraction of sp³-hybridized carbons (Fsp3) is 0.417. The van der Waals surface area contributed by atoms with Gasteiger partial charge in [0.25, 0.3) is 0 Å². The maximum atomic E-state index is 14.7. The van der Waals surface area contributed by atoms with Gasteiger partial charge in [0.15, 0.2) is 0 Å². The lowest BCUT2D eigenvalue weighted by Gasteiger charge is -2.29. The molecule has 1 saturated heterocycles. The van der Waals surface area contributed by atoms with Crippen molar-refractivity contribution in [3.8, 4) is 0 Å². The van der Waals surface area contributed by atoms with E-state index in [1.165, 1.54) is 6.07 Å². The number of carbonyl (C=O) groups excluding carboxylic acids is 2. The van der Waals surface area contributed by atoms with E-state index in [0.29, 0.717) is 35.0 Å². The Morgan fingerprint density at radius 3 is 2.56 bits per heavy atom. The van der Waals surface area contributed by atoms with Gasteiger partial charge >= 0.3 is 0 Å². The van der Waals surface area contributed by atoms with Gasteiger partial charge in [-0.15, -0.1) is 0 Å². The van der Waals surface area contributed by atoms with Crippen LogP contribution in [0.4, 0.5) is 10.1 Å². The fourth-order valence-electron chi connectivity index (χ4n) is 3.88.